The molecule has 1 saturated heterocycles. The maximum atomic E-state index is 12.4. The van der Waals surface area contributed by atoms with Crippen molar-refractivity contribution >= 4 is 5.97 Å². The summed E-state index contributed by atoms with van der Waals surface area (Å²) in [6.07, 6.45) is 39.3. The minimum Gasteiger partial charge on any atom is -0.463 e. The van der Waals surface area contributed by atoms with Gasteiger partial charge in [-0.15, -0.1) is 0 Å². The van der Waals surface area contributed by atoms with Gasteiger partial charge >= 0.3 is 5.97 Å². The van der Waals surface area contributed by atoms with Gasteiger partial charge in [0.05, 0.1) is 5.60 Å². The number of ether oxygens (including phenoxy) is 3. The molecule has 5 atom stereocenters. The molecule has 1 heterocycles. The lowest BCUT2D eigenvalue weighted by atomic mass is 9.96. The fourth-order valence-corrected chi connectivity index (χ4v) is 6.63. The number of unbranched alkanes of at least 4 members (excludes halogenated alkanes) is 12. The zero-order valence-corrected chi connectivity index (χ0v) is 38.6. The van der Waals surface area contributed by atoms with Crippen LogP contribution >= 0.6 is 0 Å². The molecule has 1 aliphatic rings. The lowest BCUT2D eigenvalue weighted by molar-refractivity contribution is -0.324. The molecular weight excluding hydrogens is 737 g/mol. The van der Waals surface area contributed by atoms with E-state index in [2.05, 4.69) is 115 Å². The highest BCUT2D eigenvalue weighted by molar-refractivity contribution is 5.69. The van der Waals surface area contributed by atoms with Crippen LogP contribution in [-0.2, 0) is 19.0 Å². The molecule has 7 nitrogen and oxygen atoms in total. The standard InChI is InChI=1S/C52H84O7/c1-10-11-12-13-14-15-16-17-18-19-20-21-22-38-47(53)57-40-46-48(54)49(55)50(56)51(58-46)59-52(8,9)39-28-37-45(7)36-27-34-43(5)31-24-23-30-42(4)33-26-35-44(6)32-25-29-41(2)3/h23-27,29-36,46,48-51,54-56H,10-22,28,37-40H2,1-9H3/b24-23+,32-25+,33-26+,34-27+,42-30+,43-31+,44-35+,45-36+/t46-,48-,49+,50-,51+/m1/s1. The van der Waals surface area contributed by atoms with E-state index >= 15 is 0 Å². The van der Waals surface area contributed by atoms with Gasteiger partial charge < -0.3 is 29.5 Å². The van der Waals surface area contributed by atoms with Crippen molar-refractivity contribution in [3.63, 3.8) is 0 Å². The molecule has 7 heteroatoms. The Morgan fingerprint density at radius 3 is 1.58 bits per heavy atom. The van der Waals surface area contributed by atoms with E-state index in [1.165, 1.54) is 86.5 Å². The van der Waals surface area contributed by atoms with Crippen LogP contribution in [0, 0.1) is 0 Å². The highest BCUT2D eigenvalue weighted by Gasteiger charge is 2.46. The third-order valence-electron chi connectivity index (χ3n) is 10.4. The van der Waals surface area contributed by atoms with Crippen LogP contribution < -0.4 is 0 Å². The quantitative estimate of drug-likeness (QED) is 0.0376. The number of aliphatic hydroxyl groups is 3. The van der Waals surface area contributed by atoms with Gasteiger partial charge in [0, 0.05) is 6.42 Å². The molecule has 0 amide bonds. The normalized spacial score (nSPS) is 21.5. The molecule has 0 bridgehead atoms. The molecule has 0 aliphatic carbocycles. The second-order valence-electron chi connectivity index (χ2n) is 17.4. The van der Waals surface area contributed by atoms with Crippen molar-refractivity contribution in [2.24, 2.45) is 0 Å². The lowest BCUT2D eigenvalue weighted by Gasteiger charge is -2.42. The zero-order valence-electron chi connectivity index (χ0n) is 38.6. The minimum absolute atomic E-state index is 0.215. The molecule has 1 aliphatic heterocycles. The van der Waals surface area contributed by atoms with Gasteiger partial charge in [-0.2, -0.15) is 0 Å². The first kappa shape index (κ1) is 53.9. The molecule has 0 saturated carbocycles. The summed E-state index contributed by atoms with van der Waals surface area (Å²) >= 11 is 0. The number of hydrogen-bond acceptors (Lipinski definition) is 7. The van der Waals surface area contributed by atoms with Crippen molar-refractivity contribution in [1.82, 2.24) is 0 Å². The van der Waals surface area contributed by atoms with E-state index in [9.17, 15) is 20.1 Å². The number of allylic oxidation sites excluding steroid dienone is 18. The van der Waals surface area contributed by atoms with E-state index in [0.717, 1.165) is 37.7 Å². The van der Waals surface area contributed by atoms with Crippen LogP contribution in [0.4, 0.5) is 0 Å². The van der Waals surface area contributed by atoms with Crippen LogP contribution in [0.15, 0.2) is 107 Å². The van der Waals surface area contributed by atoms with Crippen LogP contribution in [0.1, 0.15) is 171 Å². The van der Waals surface area contributed by atoms with E-state index in [1.54, 1.807) is 0 Å². The number of hydrogen-bond donors (Lipinski definition) is 3. The largest absolute Gasteiger partial charge is 0.463 e. The highest BCUT2D eigenvalue weighted by atomic mass is 16.7. The van der Waals surface area contributed by atoms with Crippen LogP contribution in [0.5, 0.6) is 0 Å². The summed E-state index contributed by atoms with van der Waals surface area (Å²) in [5, 5.41) is 31.8. The van der Waals surface area contributed by atoms with Gasteiger partial charge in [-0.05, 0) is 81.1 Å². The van der Waals surface area contributed by atoms with Gasteiger partial charge in [-0.3, -0.25) is 4.79 Å². The Kier molecular flexibility index (Phi) is 29.9. The summed E-state index contributed by atoms with van der Waals surface area (Å²) in [7, 11) is 0. The van der Waals surface area contributed by atoms with Gasteiger partial charge in [-0.1, -0.05) is 191 Å². The average molecular weight is 821 g/mol. The van der Waals surface area contributed by atoms with Crippen LogP contribution in [0.2, 0.25) is 0 Å². The summed E-state index contributed by atoms with van der Waals surface area (Å²) in [6, 6.07) is 0. The SMILES string of the molecule is CCCCCCCCCCCCCCCC(=O)OC[C@H]1O[C@@H](OC(C)(C)CCC/C(C)=C/C=C/C(C)=C/C=C/C=C(C)/C=C/C=C(C)/C=C/C=C(C)C)[C@H](O)[C@@H](O)[C@@H]1O. The van der Waals surface area contributed by atoms with E-state index in [0.29, 0.717) is 12.8 Å². The number of rotatable bonds is 30. The second kappa shape index (κ2) is 32.7. The fourth-order valence-electron chi connectivity index (χ4n) is 6.63. The van der Waals surface area contributed by atoms with Crippen molar-refractivity contribution in [1.29, 1.82) is 0 Å². The maximum absolute atomic E-state index is 12.4. The summed E-state index contributed by atoms with van der Waals surface area (Å²) < 4.78 is 17.5. The molecule has 334 valence electrons. The third-order valence-corrected chi connectivity index (χ3v) is 10.4. The van der Waals surface area contributed by atoms with Crippen LogP contribution in [0.25, 0.3) is 0 Å². The Bertz CT molecular complexity index is 1430. The molecule has 1 fully saturated rings. The Hall–Kier alpha value is -3.07. The predicted octanol–water partition coefficient (Wildman–Crippen LogP) is 12.8. The smallest absolute Gasteiger partial charge is 0.305 e. The summed E-state index contributed by atoms with van der Waals surface area (Å²) in [6.45, 7) is 18.4. The Morgan fingerprint density at radius 1 is 0.576 bits per heavy atom. The first-order chi connectivity index (χ1) is 28.1. The Morgan fingerprint density at radius 2 is 1.05 bits per heavy atom. The Labute approximate surface area is 360 Å². The molecule has 0 aromatic carbocycles. The van der Waals surface area contributed by atoms with Gasteiger partial charge in [0.2, 0.25) is 0 Å². The molecule has 1 rings (SSSR count). The van der Waals surface area contributed by atoms with E-state index in [-0.39, 0.29) is 12.6 Å². The highest BCUT2D eigenvalue weighted by Crippen LogP contribution is 2.29. The van der Waals surface area contributed by atoms with E-state index in [4.69, 9.17) is 14.2 Å². The molecule has 0 aromatic heterocycles. The molecule has 0 radical (unpaired) electrons. The topological polar surface area (TPSA) is 105 Å². The molecular formula is C52H84O7. The number of aliphatic hydroxyl groups excluding tert-OH is 3. The van der Waals surface area contributed by atoms with Crippen molar-refractivity contribution in [3.05, 3.63) is 107 Å². The Balaban J connectivity index is 2.43. The van der Waals surface area contributed by atoms with Gasteiger partial charge in [0.15, 0.2) is 6.29 Å². The summed E-state index contributed by atoms with van der Waals surface area (Å²) in [5.41, 5.74) is 5.35. The predicted molar refractivity (Wildman–Crippen MR) is 248 cm³/mol. The second-order valence-corrected chi connectivity index (χ2v) is 17.4. The van der Waals surface area contributed by atoms with Gasteiger partial charge in [-0.25, -0.2) is 0 Å². The maximum Gasteiger partial charge on any atom is 0.305 e. The molecule has 0 unspecified atom stereocenters. The van der Waals surface area contributed by atoms with Crippen molar-refractivity contribution in [2.75, 3.05) is 6.61 Å². The minimum atomic E-state index is -1.49. The molecule has 0 aromatic rings. The average Bonchev–Trinajstić information content (AvgIpc) is 3.17. The first-order valence-corrected chi connectivity index (χ1v) is 22.7. The summed E-state index contributed by atoms with van der Waals surface area (Å²) in [4.78, 5) is 12.4. The van der Waals surface area contributed by atoms with E-state index < -0.39 is 36.3 Å². The van der Waals surface area contributed by atoms with Crippen LogP contribution in [0.3, 0.4) is 0 Å². The number of carbonyl (C=O) groups is 1. The zero-order chi connectivity index (χ0) is 43.9. The van der Waals surface area contributed by atoms with Crippen molar-refractivity contribution < 1.29 is 34.3 Å². The third kappa shape index (κ3) is 28.2. The van der Waals surface area contributed by atoms with E-state index in [1.807, 2.05) is 26.0 Å². The summed E-state index contributed by atoms with van der Waals surface area (Å²) in [5.74, 6) is -0.353. The number of esters is 1. The molecule has 0 spiro atoms. The molecule has 3 N–H and O–H groups in total. The monoisotopic (exact) mass is 821 g/mol. The lowest BCUT2D eigenvalue weighted by Crippen LogP contribution is -2.60. The van der Waals surface area contributed by atoms with Crippen molar-refractivity contribution in [2.45, 2.75) is 208 Å². The van der Waals surface area contributed by atoms with Crippen molar-refractivity contribution in [3.8, 4) is 0 Å². The first-order valence-electron chi connectivity index (χ1n) is 22.7. The molecule has 59 heavy (non-hydrogen) atoms. The fraction of sp³-hybridized carbons (Fsp3) is 0.635. The number of carbonyl (C=O) groups excluding carboxylic acids is 1. The van der Waals surface area contributed by atoms with Gasteiger partial charge in [0.25, 0.3) is 0 Å². The van der Waals surface area contributed by atoms with Crippen LogP contribution in [-0.4, -0.2) is 64.2 Å². The van der Waals surface area contributed by atoms with Gasteiger partial charge in [0.1, 0.15) is 31.0 Å².